The molecule has 1 aliphatic heterocycles. The van der Waals surface area contributed by atoms with Gasteiger partial charge >= 0.3 is 0 Å². The summed E-state index contributed by atoms with van der Waals surface area (Å²) in [7, 11) is 0. The molecule has 0 aliphatic carbocycles. The number of anilines is 2. The normalized spacial score (nSPS) is 12.6. The third-order valence-corrected chi connectivity index (χ3v) is 4.95. The van der Waals surface area contributed by atoms with Gasteiger partial charge in [0.05, 0.1) is 17.8 Å². The molecule has 0 saturated heterocycles. The zero-order valence-electron chi connectivity index (χ0n) is 14.3. The van der Waals surface area contributed by atoms with E-state index in [1.54, 1.807) is 12.3 Å². The number of rotatable bonds is 4. The number of fused-ring (bicyclic) bond motifs is 3. The predicted molar refractivity (Wildman–Crippen MR) is 108 cm³/mol. The molecule has 5 nitrogen and oxygen atoms in total. The SMILES string of the molecule is O=C1Cc2cnc(NCCc3ccc(Cl)cc3Cl)nc2-c2ccccc2N1. The number of para-hydroxylation sites is 1. The fraction of sp³-hybridized carbons (Fsp3) is 0.150. The molecule has 0 saturated carbocycles. The maximum Gasteiger partial charge on any atom is 0.228 e. The Hall–Kier alpha value is -2.63. The first-order valence-electron chi connectivity index (χ1n) is 8.53. The number of amides is 1. The van der Waals surface area contributed by atoms with E-state index in [-0.39, 0.29) is 12.3 Å². The van der Waals surface area contributed by atoms with Gasteiger partial charge < -0.3 is 10.6 Å². The van der Waals surface area contributed by atoms with Crippen molar-refractivity contribution in [3.63, 3.8) is 0 Å². The molecule has 136 valence electrons. The second kappa shape index (κ2) is 7.55. The van der Waals surface area contributed by atoms with Gasteiger partial charge in [-0.25, -0.2) is 9.97 Å². The van der Waals surface area contributed by atoms with E-state index in [9.17, 15) is 4.79 Å². The van der Waals surface area contributed by atoms with Crippen LogP contribution < -0.4 is 10.6 Å². The van der Waals surface area contributed by atoms with Crippen LogP contribution in [0.15, 0.2) is 48.7 Å². The van der Waals surface area contributed by atoms with Crippen molar-refractivity contribution in [2.24, 2.45) is 0 Å². The van der Waals surface area contributed by atoms with Crippen LogP contribution in [0.4, 0.5) is 11.6 Å². The molecule has 0 unspecified atom stereocenters. The first kappa shape index (κ1) is 17.8. The highest BCUT2D eigenvalue weighted by Gasteiger charge is 2.20. The summed E-state index contributed by atoms with van der Waals surface area (Å²) in [6.45, 7) is 0.624. The van der Waals surface area contributed by atoms with Crippen molar-refractivity contribution in [2.75, 3.05) is 17.2 Å². The molecule has 1 aliphatic rings. The number of benzene rings is 2. The van der Waals surface area contributed by atoms with Crippen LogP contribution in [0.3, 0.4) is 0 Å². The van der Waals surface area contributed by atoms with Crippen molar-refractivity contribution in [3.8, 4) is 11.3 Å². The number of hydrogen-bond donors (Lipinski definition) is 2. The fourth-order valence-electron chi connectivity index (χ4n) is 3.05. The van der Waals surface area contributed by atoms with E-state index in [0.29, 0.717) is 29.0 Å². The van der Waals surface area contributed by atoms with E-state index in [2.05, 4.69) is 20.6 Å². The fourth-order valence-corrected chi connectivity index (χ4v) is 3.56. The smallest absolute Gasteiger partial charge is 0.228 e. The Morgan fingerprint density at radius 1 is 1.15 bits per heavy atom. The molecular weight excluding hydrogens is 383 g/mol. The lowest BCUT2D eigenvalue weighted by molar-refractivity contribution is -0.115. The third kappa shape index (κ3) is 3.89. The van der Waals surface area contributed by atoms with Gasteiger partial charge in [-0.3, -0.25) is 4.79 Å². The van der Waals surface area contributed by atoms with E-state index < -0.39 is 0 Å². The highest BCUT2D eigenvalue weighted by Crippen LogP contribution is 2.32. The Morgan fingerprint density at radius 2 is 2.00 bits per heavy atom. The summed E-state index contributed by atoms with van der Waals surface area (Å²) < 4.78 is 0. The molecule has 0 radical (unpaired) electrons. The van der Waals surface area contributed by atoms with E-state index in [0.717, 1.165) is 28.1 Å². The second-order valence-electron chi connectivity index (χ2n) is 6.25. The Bertz CT molecular complexity index is 1020. The Kier molecular flexibility index (Phi) is 4.97. The third-order valence-electron chi connectivity index (χ3n) is 4.36. The molecule has 0 bridgehead atoms. The van der Waals surface area contributed by atoms with E-state index >= 15 is 0 Å². The summed E-state index contributed by atoms with van der Waals surface area (Å²) in [5.74, 6) is 0.450. The highest BCUT2D eigenvalue weighted by atomic mass is 35.5. The first-order valence-corrected chi connectivity index (χ1v) is 9.29. The highest BCUT2D eigenvalue weighted by molar-refractivity contribution is 6.35. The van der Waals surface area contributed by atoms with E-state index in [1.165, 1.54) is 0 Å². The molecule has 2 N–H and O–H groups in total. The molecule has 1 aromatic heterocycles. The number of nitrogens with one attached hydrogen (secondary N) is 2. The Balaban J connectivity index is 1.55. The minimum absolute atomic E-state index is 0.0668. The predicted octanol–water partition coefficient (Wildman–Crippen LogP) is 4.60. The second-order valence-corrected chi connectivity index (χ2v) is 7.09. The molecule has 0 spiro atoms. The van der Waals surface area contributed by atoms with Gasteiger partial charge in [0, 0.05) is 33.9 Å². The van der Waals surface area contributed by atoms with Crippen molar-refractivity contribution in [1.82, 2.24) is 9.97 Å². The monoisotopic (exact) mass is 398 g/mol. The van der Waals surface area contributed by atoms with Crippen LogP contribution in [0.2, 0.25) is 10.0 Å². The summed E-state index contributed by atoms with van der Waals surface area (Å²) >= 11 is 12.1. The van der Waals surface area contributed by atoms with Crippen molar-refractivity contribution < 1.29 is 4.79 Å². The van der Waals surface area contributed by atoms with Gasteiger partial charge in [0.25, 0.3) is 0 Å². The molecular formula is C20H16Cl2N4O. The molecule has 2 aromatic carbocycles. The first-order chi connectivity index (χ1) is 13.1. The van der Waals surface area contributed by atoms with E-state index in [1.807, 2.05) is 36.4 Å². The number of carbonyl (C=O) groups is 1. The van der Waals surface area contributed by atoms with Gasteiger partial charge in [0.1, 0.15) is 0 Å². The van der Waals surface area contributed by atoms with Crippen molar-refractivity contribution in [2.45, 2.75) is 12.8 Å². The number of hydrogen-bond acceptors (Lipinski definition) is 4. The van der Waals surface area contributed by atoms with Crippen LogP contribution >= 0.6 is 23.2 Å². The van der Waals surface area contributed by atoms with Gasteiger partial charge in [0.15, 0.2) is 0 Å². The minimum Gasteiger partial charge on any atom is -0.354 e. The average Bonchev–Trinajstić information content (AvgIpc) is 2.79. The summed E-state index contributed by atoms with van der Waals surface area (Å²) in [6, 6.07) is 13.1. The molecule has 2 heterocycles. The zero-order valence-corrected chi connectivity index (χ0v) is 15.8. The topological polar surface area (TPSA) is 66.9 Å². The lowest BCUT2D eigenvalue weighted by Gasteiger charge is -2.11. The van der Waals surface area contributed by atoms with Gasteiger partial charge in [0.2, 0.25) is 11.9 Å². The van der Waals surface area contributed by atoms with Crippen LogP contribution in [0.25, 0.3) is 11.3 Å². The maximum atomic E-state index is 12.1. The van der Waals surface area contributed by atoms with Crippen LogP contribution in [0, 0.1) is 0 Å². The number of carbonyl (C=O) groups excluding carboxylic acids is 1. The van der Waals surface area contributed by atoms with Crippen LogP contribution in [0.1, 0.15) is 11.1 Å². The largest absolute Gasteiger partial charge is 0.354 e. The van der Waals surface area contributed by atoms with Crippen LogP contribution in [0.5, 0.6) is 0 Å². The van der Waals surface area contributed by atoms with Gasteiger partial charge in [-0.05, 0) is 30.2 Å². The zero-order chi connectivity index (χ0) is 18.8. The summed E-state index contributed by atoms with van der Waals surface area (Å²) in [6.07, 6.45) is 2.68. The average molecular weight is 399 g/mol. The molecule has 27 heavy (non-hydrogen) atoms. The molecule has 0 atom stereocenters. The molecule has 7 heteroatoms. The van der Waals surface area contributed by atoms with E-state index in [4.69, 9.17) is 23.2 Å². The number of nitrogens with zero attached hydrogens (tertiary/aromatic N) is 2. The molecule has 0 fully saturated rings. The Labute approximate surface area is 166 Å². The van der Waals surface area contributed by atoms with Crippen molar-refractivity contribution in [1.29, 1.82) is 0 Å². The van der Waals surface area contributed by atoms with Crippen LogP contribution in [-0.2, 0) is 17.6 Å². The Morgan fingerprint density at radius 3 is 2.85 bits per heavy atom. The lowest BCUT2D eigenvalue weighted by Crippen LogP contribution is -2.13. The van der Waals surface area contributed by atoms with Crippen molar-refractivity contribution >= 4 is 40.7 Å². The lowest BCUT2D eigenvalue weighted by atomic mass is 10.1. The number of halogens is 2. The van der Waals surface area contributed by atoms with Gasteiger partial charge in [-0.1, -0.05) is 47.5 Å². The number of aromatic nitrogens is 2. The quantitative estimate of drug-likeness (QED) is 0.673. The maximum absolute atomic E-state index is 12.1. The molecule has 4 rings (SSSR count). The molecule has 1 amide bonds. The summed E-state index contributed by atoms with van der Waals surface area (Å²) in [4.78, 5) is 21.1. The molecule has 3 aromatic rings. The van der Waals surface area contributed by atoms with Gasteiger partial charge in [-0.2, -0.15) is 0 Å². The minimum atomic E-state index is -0.0668. The van der Waals surface area contributed by atoms with Crippen LogP contribution in [-0.4, -0.2) is 22.4 Å². The van der Waals surface area contributed by atoms with Gasteiger partial charge in [-0.15, -0.1) is 0 Å². The standard InChI is InChI=1S/C20H16Cl2N4O/c21-14-6-5-12(16(22)10-14)7-8-23-20-24-11-13-9-18(27)25-17-4-2-1-3-15(17)19(13)26-20/h1-6,10-11H,7-9H2,(H,25,27)(H,23,24,26). The van der Waals surface area contributed by atoms with Crippen molar-refractivity contribution in [3.05, 3.63) is 69.8 Å². The summed E-state index contributed by atoms with van der Waals surface area (Å²) in [5.41, 5.74) is 4.24. The summed E-state index contributed by atoms with van der Waals surface area (Å²) in [5, 5.41) is 7.40.